The maximum absolute atomic E-state index is 16.4. The topological polar surface area (TPSA) is 110 Å². The Morgan fingerprint density at radius 2 is 1.70 bits per heavy atom. The zero-order valence-electron chi connectivity index (χ0n) is 23.1. The summed E-state index contributed by atoms with van der Waals surface area (Å²) in [6, 6.07) is 15.3. The number of furan rings is 1. The highest BCUT2D eigenvalue weighted by atomic mass is 19.1. The summed E-state index contributed by atoms with van der Waals surface area (Å²) < 4.78 is 41.8. The number of hydrogen-bond donors (Lipinski definition) is 2. The Morgan fingerprint density at radius 1 is 0.907 bits per heavy atom. The molecule has 1 fully saturated rings. The van der Waals surface area contributed by atoms with Gasteiger partial charge in [-0.2, -0.15) is 0 Å². The van der Waals surface area contributed by atoms with Crippen LogP contribution in [0.2, 0.25) is 0 Å². The van der Waals surface area contributed by atoms with E-state index >= 15 is 4.39 Å². The number of pyridine rings is 1. The molecule has 0 saturated heterocycles. The maximum Gasteiger partial charge on any atom is 0.255 e. The first-order valence-corrected chi connectivity index (χ1v) is 13.7. The van der Waals surface area contributed by atoms with E-state index in [1.54, 1.807) is 48.8 Å². The lowest BCUT2D eigenvalue weighted by Gasteiger charge is -2.15. The van der Waals surface area contributed by atoms with E-state index in [0.717, 1.165) is 5.56 Å². The van der Waals surface area contributed by atoms with Crippen molar-refractivity contribution in [2.75, 3.05) is 7.05 Å². The summed E-state index contributed by atoms with van der Waals surface area (Å²) in [6.45, 7) is 1.81. The second-order valence-corrected chi connectivity index (χ2v) is 10.6. The van der Waals surface area contributed by atoms with Gasteiger partial charge in [-0.05, 0) is 79.4 Å². The molecule has 8 nitrogen and oxygen atoms in total. The van der Waals surface area contributed by atoms with Crippen LogP contribution in [-0.2, 0) is 5.54 Å². The highest BCUT2D eigenvalue weighted by Gasteiger charge is 2.50. The van der Waals surface area contributed by atoms with Crippen LogP contribution in [0.25, 0.3) is 44.5 Å². The molecule has 10 heteroatoms. The van der Waals surface area contributed by atoms with Gasteiger partial charge in [-0.1, -0.05) is 6.07 Å². The number of benzene rings is 3. The molecule has 0 aliphatic heterocycles. The molecule has 7 rings (SSSR count). The summed E-state index contributed by atoms with van der Waals surface area (Å²) in [5.41, 5.74) is 2.81. The number of nitrogens with one attached hydrogen (secondary N) is 2. The predicted molar refractivity (Wildman–Crippen MR) is 155 cm³/mol. The van der Waals surface area contributed by atoms with Gasteiger partial charge in [0.05, 0.1) is 17.1 Å². The summed E-state index contributed by atoms with van der Waals surface area (Å²) in [7, 11) is 1.44. The molecule has 1 saturated carbocycles. The second-order valence-electron chi connectivity index (χ2n) is 10.6. The van der Waals surface area contributed by atoms with Crippen LogP contribution >= 0.6 is 0 Å². The molecule has 0 spiro atoms. The van der Waals surface area contributed by atoms with Crippen molar-refractivity contribution >= 4 is 33.9 Å². The average Bonchev–Trinajstić information content (AvgIpc) is 3.48. The van der Waals surface area contributed by atoms with Crippen LogP contribution in [0.1, 0.15) is 45.0 Å². The van der Waals surface area contributed by atoms with E-state index < -0.39 is 23.1 Å². The molecule has 3 aromatic carbocycles. The number of aromatic nitrogens is 2. The van der Waals surface area contributed by atoms with Crippen molar-refractivity contribution in [3.05, 3.63) is 107 Å². The molecule has 0 unspecified atom stereocenters. The Bertz CT molecular complexity index is 2040. The van der Waals surface area contributed by atoms with Crippen molar-refractivity contribution in [2.24, 2.45) is 0 Å². The number of hydrogen-bond acceptors (Lipinski definition) is 6. The van der Waals surface area contributed by atoms with E-state index in [-0.39, 0.29) is 33.8 Å². The first-order valence-electron chi connectivity index (χ1n) is 13.7. The van der Waals surface area contributed by atoms with Gasteiger partial charge in [-0.3, -0.25) is 14.6 Å². The molecule has 6 aromatic rings. The normalized spacial score (nSPS) is 13.8. The molecule has 2 N–H and O–H groups in total. The van der Waals surface area contributed by atoms with Crippen molar-refractivity contribution in [1.82, 2.24) is 20.6 Å². The molecule has 1 aliphatic rings. The van der Waals surface area contributed by atoms with Crippen LogP contribution in [0.15, 0.2) is 81.9 Å². The molecule has 214 valence electrons. The van der Waals surface area contributed by atoms with Gasteiger partial charge in [0, 0.05) is 36.0 Å². The molecule has 0 radical (unpaired) electrons. The lowest BCUT2D eigenvalue weighted by molar-refractivity contribution is 0.0922. The Kier molecular flexibility index (Phi) is 6.08. The smallest absolute Gasteiger partial charge is 0.255 e. The van der Waals surface area contributed by atoms with E-state index in [2.05, 4.69) is 20.6 Å². The molecule has 1 aliphatic carbocycles. The molecular formula is C33H24F2N4O4. The third kappa shape index (κ3) is 4.42. The number of oxazole rings is 1. The largest absolute Gasteiger partial charge is 0.455 e. The molecule has 2 amide bonds. The van der Waals surface area contributed by atoms with Crippen molar-refractivity contribution < 1.29 is 27.2 Å². The Labute approximate surface area is 243 Å². The lowest BCUT2D eigenvalue weighted by Crippen LogP contribution is -2.35. The highest BCUT2D eigenvalue weighted by Crippen LogP contribution is 2.46. The van der Waals surface area contributed by atoms with Crippen molar-refractivity contribution in [3.63, 3.8) is 0 Å². The van der Waals surface area contributed by atoms with Gasteiger partial charge in [-0.15, -0.1) is 0 Å². The van der Waals surface area contributed by atoms with Crippen LogP contribution in [0, 0.1) is 18.6 Å². The standard InChI is InChI=1S/C33H24F2N4O4/c1-17-3-4-19(30(40)39-33(12-13-33)32-38-23-16-37-14-11-24(23)43-32)15-22(17)21-9-10-25-26(28(21)35)27(31(41)36-2)29(42-25)18-5-7-20(34)8-6-18/h3-11,14-16H,12-13H2,1-2H3,(H,36,41)(H,39,40). The summed E-state index contributed by atoms with van der Waals surface area (Å²) in [6.07, 6.45) is 4.56. The minimum absolute atomic E-state index is 0.000723. The quantitative estimate of drug-likeness (QED) is 0.229. The molecule has 43 heavy (non-hydrogen) atoms. The number of carbonyl (C=O) groups excluding carboxylic acids is 2. The van der Waals surface area contributed by atoms with E-state index in [4.69, 9.17) is 8.83 Å². The molecule has 3 aromatic heterocycles. The van der Waals surface area contributed by atoms with Gasteiger partial charge < -0.3 is 19.5 Å². The number of halogens is 2. The molecule has 3 heterocycles. The first kappa shape index (κ1) is 26.5. The van der Waals surface area contributed by atoms with Gasteiger partial charge in [-0.25, -0.2) is 13.8 Å². The van der Waals surface area contributed by atoms with E-state index in [1.165, 1.54) is 31.3 Å². The SMILES string of the molecule is CNC(=O)c1c(-c2ccc(F)cc2)oc2ccc(-c3cc(C(=O)NC4(c5nc6cnccc6o5)CC4)ccc3C)c(F)c12. The third-order valence-corrected chi connectivity index (χ3v) is 7.85. The van der Waals surface area contributed by atoms with Crippen LogP contribution in [0.3, 0.4) is 0 Å². The number of aryl methyl sites for hydroxylation is 1. The van der Waals surface area contributed by atoms with Gasteiger partial charge in [0.1, 0.15) is 34.0 Å². The zero-order chi connectivity index (χ0) is 29.9. The van der Waals surface area contributed by atoms with Crippen LogP contribution in [0.4, 0.5) is 8.78 Å². The van der Waals surface area contributed by atoms with Gasteiger partial charge >= 0.3 is 0 Å². The van der Waals surface area contributed by atoms with E-state index in [9.17, 15) is 14.0 Å². The fourth-order valence-electron chi connectivity index (χ4n) is 5.35. The second kappa shape index (κ2) is 9.87. The third-order valence-electron chi connectivity index (χ3n) is 7.85. The first-order chi connectivity index (χ1) is 20.8. The van der Waals surface area contributed by atoms with Crippen molar-refractivity contribution in [3.8, 4) is 22.5 Å². The molecular weight excluding hydrogens is 554 g/mol. The fourth-order valence-corrected chi connectivity index (χ4v) is 5.35. The molecule has 0 bridgehead atoms. The van der Waals surface area contributed by atoms with Crippen molar-refractivity contribution in [2.45, 2.75) is 25.3 Å². The summed E-state index contributed by atoms with van der Waals surface area (Å²) >= 11 is 0. The Balaban J connectivity index is 1.27. The van der Waals surface area contributed by atoms with Gasteiger partial charge in [0.15, 0.2) is 5.58 Å². The Hall–Kier alpha value is -5.38. The summed E-state index contributed by atoms with van der Waals surface area (Å²) in [5, 5.41) is 5.59. The Morgan fingerprint density at radius 3 is 2.42 bits per heavy atom. The number of carbonyl (C=O) groups is 2. The number of fused-ring (bicyclic) bond motifs is 2. The van der Waals surface area contributed by atoms with Gasteiger partial charge in [0.2, 0.25) is 5.89 Å². The number of amides is 2. The maximum atomic E-state index is 16.4. The minimum Gasteiger partial charge on any atom is -0.455 e. The van der Waals surface area contributed by atoms with Crippen molar-refractivity contribution in [1.29, 1.82) is 0 Å². The number of nitrogens with zero attached hydrogens (tertiary/aromatic N) is 2. The zero-order valence-corrected chi connectivity index (χ0v) is 23.1. The summed E-state index contributed by atoms with van der Waals surface area (Å²) in [4.78, 5) is 35.0. The van der Waals surface area contributed by atoms with Crippen LogP contribution in [-0.4, -0.2) is 28.8 Å². The van der Waals surface area contributed by atoms with E-state index in [0.29, 0.717) is 46.5 Å². The van der Waals surface area contributed by atoms with Crippen LogP contribution < -0.4 is 10.6 Å². The minimum atomic E-state index is -0.721. The highest BCUT2D eigenvalue weighted by molar-refractivity contribution is 6.12. The predicted octanol–water partition coefficient (Wildman–Crippen LogP) is 6.67. The summed E-state index contributed by atoms with van der Waals surface area (Å²) in [5.74, 6) is -1.48. The lowest BCUT2D eigenvalue weighted by atomic mass is 9.94. The average molecular weight is 579 g/mol. The fraction of sp³-hybridized carbons (Fsp3) is 0.152. The monoisotopic (exact) mass is 578 g/mol. The molecule has 0 atom stereocenters. The van der Waals surface area contributed by atoms with Gasteiger partial charge in [0.25, 0.3) is 11.8 Å². The van der Waals surface area contributed by atoms with E-state index in [1.807, 2.05) is 6.92 Å². The number of rotatable bonds is 6. The van der Waals surface area contributed by atoms with Crippen LogP contribution in [0.5, 0.6) is 0 Å².